The van der Waals surface area contributed by atoms with Crippen LogP contribution in [0.4, 0.5) is 0 Å². The van der Waals surface area contributed by atoms with Gasteiger partial charge in [0.25, 0.3) is 0 Å². The molecule has 1 atom stereocenters. The number of hydrogen-bond donors (Lipinski definition) is 1. The summed E-state index contributed by atoms with van der Waals surface area (Å²) in [5, 5.41) is 20.8. The number of carboxylic acid groups (broad SMARTS) is 1. The lowest BCUT2D eigenvalue weighted by Crippen LogP contribution is -2.48. The summed E-state index contributed by atoms with van der Waals surface area (Å²) in [7, 11) is 3.86. The van der Waals surface area contributed by atoms with Gasteiger partial charge in [-0.2, -0.15) is 0 Å². The van der Waals surface area contributed by atoms with Crippen LogP contribution in [0.25, 0.3) is 0 Å². The lowest BCUT2D eigenvalue weighted by Gasteiger charge is -2.33. The third-order valence-corrected chi connectivity index (χ3v) is 3.32. The molecule has 0 aromatic carbocycles. The van der Waals surface area contributed by atoms with E-state index in [1.807, 2.05) is 27.1 Å². The number of likely N-dealkylation sites (N-methyl/N-ethyl adjacent to an activating group) is 1. The maximum atomic E-state index is 10.9. The van der Waals surface area contributed by atoms with E-state index in [2.05, 4.69) is 6.92 Å². The molecule has 0 aliphatic rings. The molecule has 0 fully saturated rings. The molecule has 0 bridgehead atoms. The molecule has 0 radical (unpaired) electrons. The molecule has 4 heteroatoms. The first-order chi connectivity index (χ1) is 8.82. The van der Waals surface area contributed by atoms with Crippen molar-refractivity contribution in [3.63, 3.8) is 0 Å². The zero-order valence-corrected chi connectivity index (χ0v) is 12.8. The van der Waals surface area contributed by atoms with Gasteiger partial charge in [0.2, 0.25) is 0 Å². The Morgan fingerprint density at radius 2 is 1.95 bits per heavy atom. The second-order valence-corrected chi connectivity index (χ2v) is 5.89. The number of nitrogens with zero attached hydrogens (tertiary/aromatic N) is 1. The lowest BCUT2D eigenvalue weighted by molar-refractivity contribution is -0.889. The predicted molar refractivity (Wildman–Crippen MR) is 75.5 cm³/mol. The molecule has 0 heterocycles. The van der Waals surface area contributed by atoms with Crippen LogP contribution in [0, 0.1) is 5.92 Å². The zero-order chi connectivity index (χ0) is 14.9. The Hall–Kier alpha value is -1.03. The van der Waals surface area contributed by atoms with Crippen LogP contribution >= 0.6 is 0 Å². The molecular weight excluding hydrogens is 242 g/mol. The van der Waals surface area contributed by atoms with Crippen molar-refractivity contribution in [2.24, 2.45) is 5.92 Å². The highest BCUT2D eigenvalue weighted by Crippen LogP contribution is 2.12. The number of aliphatic hydroxyl groups is 1. The normalized spacial score (nSPS) is 14.4. The van der Waals surface area contributed by atoms with Crippen molar-refractivity contribution in [2.45, 2.75) is 46.0 Å². The van der Waals surface area contributed by atoms with Crippen molar-refractivity contribution < 1.29 is 19.5 Å². The van der Waals surface area contributed by atoms with Crippen molar-refractivity contribution in [1.82, 2.24) is 0 Å². The van der Waals surface area contributed by atoms with Gasteiger partial charge >= 0.3 is 0 Å². The predicted octanol–water partition coefficient (Wildman–Crippen LogP) is 1.86. The van der Waals surface area contributed by atoms with Gasteiger partial charge < -0.3 is 19.5 Å². The van der Waals surface area contributed by atoms with E-state index in [0.717, 1.165) is 12.8 Å². The molecular formula is C15H29NO3. The van der Waals surface area contributed by atoms with E-state index in [-0.39, 0.29) is 0 Å². The molecule has 1 N–H and O–H groups in total. The van der Waals surface area contributed by atoms with E-state index < -0.39 is 11.9 Å². The van der Waals surface area contributed by atoms with Crippen LogP contribution in [-0.4, -0.2) is 42.7 Å². The van der Waals surface area contributed by atoms with E-state index in [0.29, 0.717) is 29.8 Å². The number of quaternary nitrogens is 1. The topological polar surface area (TPSA) is 60.4 Å². The Kier molecular flexibility index (Phi) is 8.48. The van der Waals surface area contributed by atoms with Gasteiger partial charge in [-0.15, -0.1) is 0 Å². The number of carbonyl (C=O) groups is 1. The molecule has 0 spiro atoms. The Morgan fingerprint density at radius 3 is 2.42 bits per heavy atom. The second kappa shape index (κ2) is 8.97. The Bertz CT molecular complexity index is 298. The highest BCUT2D eigenvalue weighted by Gasteiger charge is 2.23. The molecule has 0 saturated carbocycles. The van der Waals surface area contributed by atoms with E-state index in [9.17, 15) is 15.0 Å². The largest absolute Gasteiger partial charge is 0.550 e. The van der Waals surface area contributed by atoms with Gasteiger partial charge in [0, 0.05) is 5.92 Å². The van der Waals surface area contributed by atoms with Crippen LogP contribution in [0.5, 0.6) is 0 Å². The molecule has 0 aliphatic carbocycles. The van der Waals surface area contributed by atoms with Gasteiger partial charge in [0.05, 0.1) is 26.6 Å². The molecule has 1 unspecified atom stereocenters. The summed E-state index contributed by atoms with van der Waals surface area (Å²) < 4.78 is 0.461. The van der Waals surface area contributed by atoms with Crippen molar-refractivity contribution in [3.05, 3.63) is 11.8 Å². The fraction of sp³-hybridized carbons (Fsp3) is 0.800. The smallest absolute Gasteiger partial charge is 0.143 e. The summed E-state index contributed by atoms with van der Waals surface area (Å²) in [5.41, 5.74) is 0. The van der Waals surface area contributed by atoms with E-state index >= 15 is 0 Å². The number of allylic oxidation sites excluding steroid dienone is 1. The summed E-state index contributed by atoms with van der Waals surface area (Å²) in [6.45, 7) is 4.94. The van der Waals surface area contributed by atoms with Gasteiger partial charge in [-0.05, 0) is 25.3 Å². The van der Waals surface area contributed by atoms with Crippen LogP contribution in [0.2, 0.25) is 0 Å². The molecule has 0 aromatic rings. The highest BCUT2D eigenvalue weighted by molar-refractivity contribution is 5.67. The Morgan fingerprint density at radius 1 is 1.32 bits per heavy atom. The first kappa shape index (κ1) is 18.0. The number of hydrogen-bond acceptors (Lipinski definition) is 3. The van der Waals surface area contributed by atoms with Gasteiger partial charge in [-0.25, -0.2) is 0 Å². The summed E-state index contributed by atoms with van der Waals surface area (Å²) in [5.74, 6) is -1.10. The molecule has 0 rings (SSSR count). The molecule has 4 nitrogen and oxygen atoms in total. The van der Waals surface area contributed by atoms with Crippen molar-refractivity contribution in [2.75, 3.05) is 27.2 Å². The Balaban J connectivity index is 4.29. The summed E-state index contributed by atoms with van der Waals surface area (Å²) in [6.07, 6.45) is 6.73. The second-order valence-electron chi connectivity index (χ2n) is 5.89. The number of carbonyl (C=O) groups excluding carboxylic acids is 1. The summed E-state index contributed by atoms with van der Waals surface area (Å²) in [4.78, 5) is 10.9. The minimum Gasteiger partial charge on any atom is -0.550 e. The van der Waals surface area contributed by atoms with Gasteiger partial charge in [-0.3, -0.25) is 0 Å². The number of rotatable bonds is 10. The minimum absolute atomic E-state index is 0.356. The third-order valence-electron chi connectivity index (χ3n) is 3.32. The standard InChI is InChI=1S/C15H29NO3/c1-5-7-8-9-10-14(17)12-16(3,4)11-13(6-2)15(18)19/h10,13H,5-9,11-12H2,1-4H3,(H-,17,18,19)/b14-10-. The van der Waals surface area contributed by atoms with Crippen LogP contribution in [0.3, 0.4) is 0 Å². The molecule has 19 heavy (non-hydrogen) atoms. The van der Waals surface area contributed by atoms with Crippen LogP contribution in [0.15, 0.2) is 11.8 Å². The monoisotopic (exact) mass is 271 g/mol. The van der Waals surface area contributed by atoms with Gasteiger partial charge in [-0.1, -0.05) is 26.7 Å². The number of unbranched alkanes of at least 4 members (excludes halogenated alkanes) is 3. The molecule has 0 aromatic heterocycles. The Labute approximate surface area is 117 Å². The lowest BCUT2D eigenvalue weighted by atomic mass is 10.1. The summed E-state index contributed by atoms with van der Waals surface area (Å²) in [6, 6.07) is 0. The molecule has 0 saturated heterocycles. The number of carboxylic acids is 1. The highest BCUT2D eigenvalue weighted by atomic mass is 16.4. The van der Waals surface area contributed by atoms with Gasteiger partial charge in [0.15, 0.2) is 0 Å². The van der Waals surface area contributed by atoms with Crippen molar-refractivity contribution in [3.8, 4) is 0 Å². The fourth-order valence-corrected chi connectivity index (χ4v) is 2.20. The molecule has 0 amide bonds. The van der Waals surface area contributed by atoms with Crippen molar-refractivity contribution in [1.29, 1.82) is 0 Å². The van der Waals surface area contributed by atoms with E-state index in [1.54, 1.807) is 0 Å². The van der Waals surface area contributed by atoms with E-state index in [4.69, 9.17) is 0 Å². The van der Waals surface area contributed by atoms with Crippen molar-refractivity contribution >= 4 is 5.97 Å². The average Bonchev–Trinajstić information content (AvgIpc) is 2.30. The van der Waals surface area contributed by atoms with Gasteiger partial charge in [0.1, 0.15) is 12.3 Å². The SMILES string of the molecule is CCCCC/C=C(\O)C[N+](C)(C)CC(CC)C(=O)[O-]. The number of aliphatic carboxylic acids is 1. The number of aliphatic hydroxyl groups excluding tert-OH is 1. The maximum absolute atomic E-state index is 10.9. The quantitative estimate of drug-likeness (QED) is 0.375. The van der Waals surface area contributed by atoms with Crippen LogP contribution in [-0.2, 0) is 4.79 Å². The summed E-state index contributed by atoms with van der Waals surface area (Å²) >= 11 is 0. The minimum atomic E-state index is -1.000. The molecule has 0 aliphatic heterocycles. The third kappa shape index (κ3) is 8.65. The average molecular weight is 271 g/mol. The van der Waals surface area contributed by atoms with Crippen LogP contribution < -0.4 is 5.11 Å². The fourth-order valence-electron chi connectivity index (χ4n) is 2.20. The molecule has 112 valence electrons. The van der Waals surface area contributed by atoms with Crippen LogP contribution in [0.1, 0.15) is 46.0 Å². The first-order valence-electron chi connectivity index (χ1n) is 7.23. The zero-order valence-electron chi connectivity index (χ0n) is 12.8. The maximum Gasteiger partial charge on any atom is 0.143 e. The van der Waals surface area contributed by atoms with E-state index in [1.165, 1.54) is 12.8 Å². The first-order valence-corrected chi connectivity index (χ1v) is 7.23.